The highest BCUT2D eigenvalue weighted by Crippen LogP contribution is 2.16. The first-order valence-electron chi connectivity index (χ1n) is 6.70. The molecule has 0 spiro atoms. The van der Waals surface area contributed by atoms with Gasteiger partial charge in [0.1, 0.15) is 17.3 Å². The number of carbonyl (C=O) groups excluding carboxylic acids is 1. The van der Waals surface area contributed by atoms with E-state index in [-0.39, 0.29) is 12.4 Å². The van der Waals surface area contributed by atoms with Crippen LogP contribution in [0.3, 0.4) is 0 Å². The van der Waals surface area contributed by atoms with E-state index in [2.05, 4.69) is 0 Å². The average Bonchev–Trinajstić information content (AvgIpc) is 2.82. The largest absolute Gasteiger partial charge is 0.482 e. The summed E-state index contributed by atoms with van der Waals surface area (Å²) in [5.74, 6) is 0.617. The van der Waals surface area contributed by atoms with Crippen LogP contribution in [0.1, 0.15) is 27.4 Å². The third-order valence-corrected chi connectivity index (χ3v) is 2.98. The van der Waals surface area contributed by atoms with Gasteiger partial charge in [0.15, 0.2) is 12.4 Å². The third-order valence-electron chi connectivity index (χ3n) is 2.98. The Morgan fingerprint density at radius 3 is 2.45 bits per heavy atom. The average molecular weight is 300 g/mol. The fourth-order valence-electron chi connectivity index (χ4n) is 1.96. The Bertz CT molecular complexity index is 707. The fraction of sp³-hybridized carbons (Fsp3) is 0.176. The number of ether oxygens (including phenoxy) is 1. The molecule has 0 saturated heterocycles. The van der Waals surface area contributed by atoms with Crippen molar-refractivity contribution < 1.29 is 23.8 Å². The maximum absolute atomic E-state index is 12.1. The lowest BCUT2D eigenvalue weighted by Gasteiger charge is -2.02. The molecule has 5 nitrogen and oxygen atoms in total. The van der Waals surface area contributed by atoms with Crippen molar-refractivity contribution in [1.29, 1.82) is 0 Å². The van der Waals surface area contributed by atoms with E-state index in [0.717, 1.165) is 5.56 Å². The second kappa shape index (κ2) is 6.76. The Hall–Kier alpha value is -2.82. The predicted octanol–water partition coefficient (Wildman–Crippen LogP) is 3.26. The van der Waals surface area contributed by atoms with Crippen LogP contribution in [-0.4, -0.2) is 23.5 Å². The third kappa shape index (κ3) is 4.09. The fourth-order valence-corrected chi connectivity index (χ4v) is 1.96. The molecule has 0 atom stereocenters. The number of aliphatic carboxylic acids is 1. The molecule has 0 bridgehead atoms. The summed E-state index contributed by atoms with van der Waals surface area (Å²) in [5.41, 5.74) is 1.36. The van der Waals surface area contributed by atoms with Gasteiger partial charge in [-0.05, 0) is 43.7 Å². The minimum Gasteiger partial charge on any atom is -0.482 e. The van der Waals surface area contributed by atoms with E-state index in [0.29, 0.717) is 22.8 Å². The molecule has 0 radical (unpaired) electrons. The summed E-state index contributed by atoms with van der Waals surface area (Å²) < 4.78 is 10.4. The van der Waals surface area contributed by atoms with Crippen LogP contribution in [0.5, 0.6) is 5.75 Å². The summed E-state index contributed by atoms with van der Waals surface area (Å²) in [4.78, 5) is 22.5. The molecular formula is C17H16O5. The highest BCUT2D eigenvalue weighted by Gasteiger charge is 2.10. The van der Waals surface area contributed by atoms with Crippen molar-refractivity contribution in [1.82, 2.24) is 0 Å². The molecule has 5 heteroatoms. The zero-order valence-electron chi connectivity index (χ0n) is 12.3. The topological polar surface area (TPSA) is 76.7 Å². The molecule has 1 aromatic heterocycles. The van der Waals surface area contributed by atoms with E-state index >= 15 is 0 Å². The number of hydrogen-bond acceptors (Lipinski definition) is 4. The molecule has 0 fully saturated rings. The smallest absolute Gasteiger partial charge is 0.341 e. The molecule has 0 saturated carbocycles. The van der Waals surface area contributed by atoms with Crippen LogP contribution >= 0.6 is 0 Å². The molecular weight excluding hydrogens is 284 g/mol. The summed E-state index contributed by atoms with van der Waals surface area (Å²) in [5, 5.41) is 8.53. The van der Waals surface area contributed by atoms with Gasteiger partial charge in [-0.2, -0.15) is 0 Å². The van der Waals surface area contributed by atoms with E-state index in [4.69, 9.17) is 14.3 Å². The highest BCUT2D eigenvalue weighted by molar-refractivity contribution is 6.07. The van der Waals surface area contributed by atoms with Gasteiger partial charge in [-0.25, -0.2) is 4.79 Å². The lowest BCUT2D eigenvalue weighted by molar-refractivity contribution is -0.139. The van der Waals surface area contributed by atoms with Crippen LogP contribution in [0.15, 0.2) is 40.8 Å². The molecule has 0 aliphatic heterocycles. The quantitative estimate of drug-likeness (QED) is 0.654. The molecule has 1 heterocycles. The Labute approximate surface area is 127 Å². The SMILES string of the molecule is Cc1cc(C(=O)/C=C/c2ccc(OCC(=O)O)cc2)c(C)o1. The Morgan fingerprint density at radius 1 is 1.23 bits per heavy atom. The van der Waals surface area contributed by atoms with Gasteiger partial charge in [-0.1, -0.05) is 18.2 Å². The van der Waals surface area contributed by atoms with E-state index in [1.54, 1.807) is 50.3 Å². The summed E-state index contributed by atoms with van der Waals surface area (Å²) >= 11 is 0. The Balaban J connectivity index is 2.02. The predicted molar refractivity (Wildman–Crippen MR) is 81.1 cm³/mol. The second-order valence-electron chi connectivity index (χ2n) is 4.78. The number of benzene rings is 1. The van der Waals surface area contributed by atoms with Gasteiger partial charge in [-0.15, -0.1) is 0 Å². The van der Waals surface area contributed by atoms with Crippen molar-refractivity contribution in [2.24, 2.45) is 0 Å². The molecule has 1 N–H and O–H groups in total. The lowest BCUT2D eigenvalue weighted by Crippen LogP contribution is -2.09. The standard InChI is InChI=1S/C17H16O5/c1-11-9-15(12(2)22-11)16(18)8-5-13-3-6-14(7-4-13)21-10-17(19)20/h3-9H,10H2,1-2H3,(H,19,20)/b8-5+. The summed E-state index contributed by atoms with van der Waals surface area (Å²) in [6.45, 7) is 3.17. The van der Waals surface area contributed by atoms with Crippen molar-refractivity contribution in [3.8, 4) is 5.75 Å². The molecule has 2 aromatic rings. The first-order valence-corrected chi connectivity index (χ1v) is 6.70. The normalized spacial score (nSPS) is 10.8. The first kappa shape index (κ1) is 15.6. The van der Waals surface area contributed by atoms with Gasteiger partial charge in [0, 0.05) is 0 Å². The van der Waals surface area contributed by atoms with Crippen LogP contribution in [0.25, 0.3) is 6.08 Å². The number of hydrogen-bond donors (Lipinski definition) is 1. The number of carboxylic acid groups (broad SMARTS) is 1. The van der Waals surface area contributed by atoms with Crippen molar-refractivity contribution in [2.75, 3.05) is 6.61 Å². The zero-order valence-corrected chi connectivity index (χ0v) is 12.3. The van der Waals surface area contributed by atoms with Gasteiger partial charge in [0.2, 0.25) is 0 Å². The second-order valence-corrected chi connectivity index (χ2v) is 4.78. The van der Waals surface area contributed by atoms with Crippen LogP contribution in [0, 0.1) is 13.8 Å². The highest BCUT2D eigenvalue weighted by atomic mass is 16.5. The van der Waals surface area contributed by atoms with Gasteiger partial charge < -0.3 is 14.3 Å². The van der Waals surface area contributed by atoms with Gasteiger partial charge in [0.05, 0.1) is 5.56 Å². The maximum Gasteiger partial charge on any atom is 0.341 e. The summed E-state index contributed by atoms with van der Waals surface area (Å²) in [6.07, 6.45) is 3.16. The maximum atomic E-state index is 12.1. The monoisotopic (exact) mass is 300 g/mol. The van der Waals surface area contributed by atoms with Crippen molar-refractivity contribution in [3.05, 3.63) is 59.1 Å². The first-order chi connectivity index (χ1) is 10.5. The minimum absolute atomic E-state index is 0.124. The van der Waals surface area contributed by atoms with Crippen LogP contribution < -0.4 is 4.74 Å². The van der Waals surface area contributed by atoms with Crippen LogP contribution in [-0.2, 0) is 4.79 Å². The summed E-state index contributed by atoms with van der Waals surface area (Å²) in [6, 6.07) is 8.51. The van der Waals surface area contributed by atoms with E-state index < -0.39 is 5.97 Å². The Kier molecular flexibility index (Phi) is 4.78. The Morgan fingerprint density at radius 2 is 1.91 bits per heavy atom. The number of carboxylic acids is 1. The van der Waals surface area contributed by atoms with Gasteiger partial charge >= 0.3 is 5.97 Å². The molecule has 0 amide bonds. The molecule has 2 rings (SSSR count). The molecule has 0 aliphatic rings. The number of furan rings is 1. The molecule has 1 aromatic carbocycles. The van der Waals surface area contributed by atoms with Crippen molar-refractivity contribution in [2.45, 2.75) is 13.8 Å². The van der Waals surface area contributed by atoms with Crippen LogP contribution in [0.4, 0.5) is 0 Å². The van der Waals surface area contributed by atoms with E-state index in [9.17, 15) is 9.59 Å². The van der Waals surface area contributed by atoms with E-state index in [1.165, 1.54) is 6.08 Å². The molecule has 22 heavy (non-hydrogen) atoms. The van der Waals surface area contributed by atoms with Crippen molar-refractivity contribution in [3.63, 3.8) is 0 Å². The van der Waals surface area contributed by atoms with Crippen molar-refractivity contribution >= 4 is 17.8 Å². The van der Waals surface area contributed by atoms with Crippen LogP contribution in [0.2, 0.25) is 0 Å². The summed E-state index contributed by atoms with van der Waals surface area (Å²) in [7, 11) is 0. The molecule has 0 aliphatic carbocycles. The lowest BCUT2D eigenvalue weighted by atomic mass is 10.1. The number of ketones is 1. The minimum atomic E-state index is -1.03. The molecule has 0 unspecified atom stereocenters. The number of allylic oxidation sites excluding steroid dienone is 1. The number of rotatable bonds is 6. The van der Waals surface area contributed by atoms with Gasteiger partial charge in [-0.3, -0.25) is 4.79 Å². The zero-order chi connectivity index (χ0) is 16.1. The molecule has 114 valence electrons. The number of aryl methyl sites for hydroxylation is 2. The number of carbonyl (C=O) groups is 2. The van der Waals surface area contributed by atoms with E-state index in [1.807, 2.05) is 0 Å². The van der Waals surface area contributed by atoms with Gasteiger partial charge in [0.25, 0.3) is 0 Å².